The van der Waals surface area contributed by atoms with Gasteiger partial charge in [0.15, 0.2) is 5.78 Å². The molecule has 4 aromatic rings. The van der Waals surface area contributed by atoms with Crippen LogP contribution in [0.4, 0.5) is 5.69 Å². The van der Waals surface area contributed by atoms with E-state index in [9.17, 15) is 14.4 Å². The minimum absolute atomic E-state index is 0.0253. The van der Waals surface area contributed by atoms with Crippen molar-refractivity contribution in [2.75, 3.05) is 11.1 Å². The SMILES string of the molecule is O=C(Nc1cccc(SCC(=O)c2ccccc2)c1)/C(=C/c1ccco1)NC(=O)c1ccccc1. The first-order chi connectivity index (χ1) is 17.1. The summed E-state index contributed by atoms with van der Waals surface area (Å²) >= 11 is 1.38. The second-order valence-electron chi connectivity index (χ2n) is 7.45. The van der Waals surface area contributed by atoms with Gasteiger partial charge in [0.2, 0.25) is 0 Å². The largest absolute Gasteiger partial charge is 0.465 e. The van der Waals surface area contributed by atoms with Crippen molar-refractivity contribution in [3.63, 3.8) is 0 Å². The number of thioether (sulfide) groups is 1. The van der Waals surface area contributed by atoms with Crippen LogP contribution in [0.3, 0.4) is 0 Å². The second kappa shape index (κ2) is 11.7. The van der Waals surface area contributed by atoms with E-state index >= 15 is 0 Å². The van der Waals surface area contributed by atoms with Crippen LogP contribution in [0.25, 0.3) is 6.08 Å². The maximum Gasteiger partial charge on any atom is 0.272 e. The third-order valence-corrected chi connectivity index (χ3v) is 5.91. The summed E-state index contributed by atoms with van der Waals surface area (Å²) in [4.78, 5) is 39.0. The van der Waals surface area contributed by atoms with Crippen molar-refractivity contribution in [2.24, 2.45) is 0 Å². The molecule has 0 saturated heterocycles. The Hall–Kier alpha value is -4.36. The van der Waals surface area contributed by atoms with Crippen molar-refractivity contribution in [3.8, 4) is 0 Å². The van der Waals surface area contributed by atoms with Crippen molar-refractivity contribution in [3.05, 3.63) is 126 Å². The van der Waals surface area contributed by atoms with E-state index in [0.29, 0.717) is 22.6 Å². The topological polar surface area (TPSA) is 88.4 Å². The van der Waals surface area contributed by atoms with Crippen molar-refractivity contribution in [1.82, 2.24) is 5.32 Å². The molecule has 1 heterocycles. The number of benzene rings is 3. The fraction of sp³-hybridized carbons (Fsp3) is 0.0357. The highest BCUT2D eigenvalue weighted by Gasteiger charge is 2.16. The lowest BCUT2D eigenvalue weighted by molar-refractivity contribution is -0.113. The van der Waals surface area contributed by atoms with E-state index in [4.69, 9.17) is 4.42 Å². The highest BCUT2D eigenvalue weighted by molar-refractivity contribution is 8.00. The van der Waals surface area contributed by atoms with Gasteiger partial charge in [-0.2, -0.15) is 0 Å². The number of anilines is 1. The smallest absolute Gasteiger partial charge is 0.272 e. The van der Waals surface area contributed by atoms with Crippen molar-refractivity contribution in [1.29, 1.82) is 0 Å². The van der Waals surface area contributed by atoms with Gasteiger partial charge >= 0.3 is 0 Å². The Balaban J connectivity index is 1.45. The molecule has 35 heavy (non-hydrogen) atoms. The Morgan fingerprint density at radius 3 is 2.20 bits per heavy atom. The molecule has 0 saturated carbocycles. The Kier molecular flexibility index (Phi) is 7.93. The van der Waals surface area contributed by atoms with E-state index < -0.39 is 11.8 Å². The number of nitrogens with one attached hydrogen (secondary N) is 2. The maximum absolute atomic E-state index is 13.1. The van der Waals surface area contributed by atoms with Gasteiger partial charge in [0.1, 0.15) is 11.5 Å². The zero-order valence-corrected chi connectivity index (χ0v) is 19.5. The molecule has 6 nitrogen and oxygen atoms in total. The fourth-order valence-electron chi connectivity index (χ4n) is 3.18. The number of carbonyl (C=O) groups is 3. The first-order valence-electron chi connectivity index (χ1n) is 10.8. The fourth-order valence-corrected chi connectivity index (χ4v) is 4.03. The average molecular weight is 483 g/mol. The minimum atomic E-state index is -0.506. The molecule has 0 unspecified atom stereocenters. The summed E-state index contributed by atoms with van der Waals surface area (Å²) in [7, 11) is 0. The number of furan rings is 1. The zero-order valence-electron chi connectivity index (χ0n) is 18.6. The Morgan fingerprint density at radius 2 is 1.51 bits per heavy atom. The van der Waals surface area contributed by atoms with Gasteiger partial charge in [-0.1, -0.05) is 54.6 Å². The van der Waals surface area contributed by atoms with Crippen LogP contribution < -0.4 is 10.6 Å². The van der Waals surface area contributed by atoms with Crippen LogP contribution in [-0.4, -0.2) is 23.4 Å². The molecule has 7 heteroatoms. The number of ketones is 1. The van der Waals surface area contributed by atoms with E-state index in [1.165, 1.54) is 24.1 Å². The number of Topliss-reactive ketones (excluding diaryl/α,β-unsaturated/α-hetero) is 1. The van der Waals surface area contributed by atoms with E-state index in [-0.39, 0.29) is 17.2 Å². The first kappa shape index (κ1) is 23.8. The van der Waals surface area contributed by atoms with Gasteiger partial charge in [0, 0.05) is 27.8 Å². The standard InChI is InChI=1S/C28H22N2O4S/c31-26(20-9-3-1-4-10-20)19-35-24-15-7-13-22(17-24)29-28(33)25(18-23-14-8-16-34-23)30-27(32)21-11-5-2-6-12-21/h1-18H,19H2,(H,29,33)(H,30,32)/b25-18-. The third-order valence-electron chi connectivity index (χ3n) is 4.92. The molecule has 0 bridgehead atoms. The summed E-state index contributed by atoms with van der Waals surface area (Å²) in [5, 5.41) is 5.47. The van der Waals surface area contributed by atoms with Crippen LogP contribution in [0.1, 0.15) is 26.5 Å². The van der Waals surface area contributed by atoms with Gasteiger partial charge in [-0.15, -0.1) is 11.8 Å². The van der Waals surface area contributed by atoms with Crippen LogP contribution in [0.15, 0.2) is 118 Å². The summed E-state index contributed by atoms with van der Waals surface area (Å²) in [6, 6.07) is 28.3. The molecule has 2 N–H and O–H groups in total. The molecular formula is C28H22N2O4S. The molecule has 3 aromatic carbocycles. The lowest BCUT2D eigenvalue weighted by atomic mass is 10.2. The van der Waals surface area contributed by atoms with E-state index in [2.05, 4.69) is 10.6 Å². The molecule has 0 aliphatic heterocycles. The molecule has 0 aliphatic rings. The molecule has 0 radical (unpaired) electrons. The monoisotopic (exact) mass is 482 g/mol. The Labute approximate surface area is 207 Å². The van der Waals surface area contributed by atoms with E-state index in [1.54, 1.807) is 66.7 Å². The molecule has 4 rings (SSSR count). The van der Waals surface area contributed by atoms with Gasteiger partial charge in [-0.05, 0) is 42.5 Å². The molecule has 1 aromatic heterocycles. The summed E-state index contributed by atoms with van der Waals surface area (Å²) in [5.74, 6) is -0.196. The Morgan fingerprint density at radius 1 is 0.800 bits per heavy atom. The van der Waals surface area contributed by atoms with Crippen LogP contribution >= 0.6 is 11.8 Å². The first-order valence-corrected chi connectivity index (χ1v) is 11.8. The number of rotatable bonds is 9. The molecule has 0 atom stereocenters. The van der Waals surface area contributed by atoms with Crippen LogP contribution in [0.2, 0.25) is 0 Å². The summed E-state index contributed by atoms with van der Waals surface area (Å²) < 4.78 is 5.32. The quantitative estimate of drug-likeness (QED) is 0.182. The Bertz CT molecular complexity index is 1330. The molecule has 0 aliphatic carbocycles. The lowest BCUT2D eigenvalue weighted by Gasteiger charge is -2.12. The van der Waals surface area contributed by atoms with Crippen LogP contribution in [0.5, 0.6) is 0 Å². The molecular weight excluding hydrogens is 460 g/mol. The average Bonchev–Trinajstić information content (AvgIpc) is 3.41. The second-order valence-corrected chi connectivity index (χ2v) is 8.50. The molecule has 0 fully saturated rings. The van der Waals surface area contributed by atoms with Crippen LogP contribution in [0, 0.1) is 0 Å². The number of amides is 2. The van der Waals surface area contributed by atoms with Gasteiger partial charge in [0.25, 0.3) is 11.8 Å². The van der Waals surface area contributed by atoms with Gasteiger partial charge in [0.05, 0.1) is 12.0 Å². The van der Waals surface area contributed by atoms with Gasteiger partial charge in [-0.25, -0.2) is 0 Å². The number of hydrogen-bond donors (Lipinski definition) is 2. The third kappa shape index (κ3) is 6.82. The zero-order chi connectivity index (χ0) is 24.5. The number of hydrogen-bond acceptors (Lipinski definition) is 5. The number of carbonyl (C=O) groups excluding carboxylic acids is 3. The summed E-state index contributed by atoms with van der Waals surface area (Å²) in [6.07, 6.45) is 2.95. The molecule has 0 spiro atoms. The predicted molar refractivity (Wildman–Crippen MR) is 137 cm³/mol. The van der Waals surface area contributed by atoms with Gasteiger partial charge < -0.3 is 15.1 Å². The predicted octanol–water partition coefficient (Wildman–Crippen LogP) is 5.66. The summed E-state index contributed by atoms with van der Waals surface area (Å²) in [6.45, 7) is 0. The highest BCUT2D eigenvalue weighted by atomic mass is 32.2. The maximum atomic E-state index is 13.1. The highest BCUT2D eigenvalue weighted by Crippen LogP contribution is 2.23. The van der Waals surface area contributed by atoms with E-state index in [1.807, 2.05) is 30.3 Å². The van der Waals surface area contributed by atoms with Crippen LogP contribution in [-0.2, 0) is 4.79 Å². The molecule has 2 amide bonds. The van der Waals surface area contributed by atoms with Crippen molar-refractivity contribution in [2.45, 2.75) is 4.90 Å². The van der Waals surface area contributed by atoms with E-state index in [0.717, 1.165) is 4.90 Å². The van der Waals surface area contributed by atoms with Crippen molar-refractivity contribution < 1.29 is 18.8 Å². The normalized spacial score (nSPS) is 11.0. The minimum Gasteiger partial charge on any atom is -0.465 e. The summed E-state index contributed by atoms with van der Waals surface area (Å²) in [5.41, 5.74) is 1.65. The van der Waals surface area contributed by atoms with Gasteiger partial charge in [-0.3, -0.25) is 14.4 Å². The lowest BCUT2D eigenvalue weighted by Crippen LogP contribution is -2.30. The molecule has 174 valence electrons. The van der Waals surface area contributed by atoms with Crippen molar-refractivity contribution >= 4 is 41.1 Å².